The first-order valence-electron chi connectivity index (χ1n) is 4.03. The van der Waals surface area contributed by atoms with Gasteiger partial charge in [0.1, 0.15) is 0 Å². The van der Waals surface area contributed by atoms with E-state index in [9.17, 15) is 5.11 Å². The summed E-state index contributed by atoms with van der Waals surface area (Å²) in [6.45, 7) is 8.15. The molecule has 1 heteroatoms. The first-order chi connectivity index (χ1) is 4.99. The van der Waals surface area contributed by atoms with Crippen LogP contribution in [0.25, 0.3) is 0 Å². The van der Waals surface area contributed by atoms with Crippen LogP contribution in [0.5, 0.6) is 0 Å². The van der Waals surface area contributed by atoms with Crippen molar-refractivity contribution in [3.63, 3.8) is 0 Å². The van der Waals surface area contributed by atoms with Crippen LogP contribution in [0.2, 0.25) is 0 Å². The first kappa shape index (κ1) is 8.54. The lowest BCUT2D eigenvalue weighted by molar-refractivity contribution is 0.241. The molecule has 62 valence electrons. The molecule has 1 unspecified atom stereocenters. The highest BCUT2D eigenvalue weighted by Gasteiger charge is 2.38. The molecule has 0 aliphatic heterocycles. The summed E-state index contributed by atoms with van der Waals surface area (Å²) in [4.78, 5) is 0. The summed E-state index contributed by atoms with van der Waals surface area (Å²) < 4.78 is 0. The van der Waals surface area contributed by atoms with Gasteiger partial charge in [0.15, 0.2) is 0 Å². The molecule has 0 saturated carbocycles. The van der Waals surface area contributed by atoms with Crippen LogP contribution in [-0.2, 0) is 0 Å². The average molecular weight is 152 g/mol. The Balaban J connectivity index is 2.59. The standard InChI is InChI=1S/C10H16O/c1-5-7(2)9(11)8-6-10(8,3)4/h5-6,9,11H,1-4H3/b7-5+. The number of aliphatic hydroxyl groups excluding tert-OH is 1. The Kier molecular flexibility index (Phi) is 1.93. The molecule has 1 nitrogen and oxygen atoms in total. The fourth-order valence-electron chi connectivity index (χ4n) is 1.19. The van der Waals surface area contributed by atoms with E-state index in [1.54, 1.807) is 0 Å². The van der Waals surface area contributed by atoms with Crippen molar-refractivity contribution < 1.29 is 5.11 Å². The number of allylic oxidation sites excluding steroid dienone is 2. The van der Waals surface area contributed by atoms with Gasteiger partial charge in [-0.05, 0) is 25.0 Å². The van der Waals surface area contributed by atoms with Gasteiger partial charge < -0.3 is 5.11 Å². The Bertz CT molecular complexity index is 221. The van der Waals surface area contributed by atoms with Crippen LogP contribution in [0.15, 0.2) is 23.3 Å². The summed E-state index contributed by atoms with van der Waals surface area (Å²) in [5.74, 6) is 0. The third-order valence-electron chi connectivity index (χ3n) is 2.36. The van der Waals surface area contributed by atoms with E-state index in [2.05, 4.69) is 19.9 Å². The van der Waals surface area contributed by atoms with Crippen molar-refractivity contribution in [3.05, 3.63) is 23.3 Å². The zero-order chi connectivity index (χ0) is 8.65. The highest BCUT2D eigenvalue weighted by atomic mass is 16.3. The monoisotopic (exact) mass is 152 g/mol. The molecule has 1 rings (SSSR count). The molecule has 11 heavy (non-hydrogen) atoms. The van der Waals surface area contributed by atoms with Gasteiger partial charge in [-0.1, -0.05) is 26.0 Å². The van der Waals surface area contributed by atoms with Crippen molar-refractivity contribution >= 4 is 0 Å². The summed E-state index contributed by atoms with van der Waals surface area (Å²) in [6, 6.07) is 0. The van der Waals surface area contributed by atoms with E-state index in [0.717, 1.165) is 11.1 Å². The average Bonchev–Trinajstić information content (AvgIpc) is 2.56. The second-order valence-electron chi connectivity index (χ2n) is 3.76. The Morgan fingerprint density at radius 3 is 2.36 bits per heavy atom. The minimum Gasteiger partial charge on any atom is -0.384 e. The smallest absolute Gasteiger partial charge is 0.0966 e. The van der Waals surface area contributed by atoms with Gasteiger partial charge in [-0.3, -0.25) is 0 Å². The van der Waals surface area contributed by atoms with Gasteiger partial charge >= 0.3 is 0 Å². The molecule has 0 aromatic rings. The zero-order valence-corrected chi connectivity index (χ0v) is 7.68. The zero-order valence-electron chi connectivity index (χ0n) is 7.68. The lowest BCUT2D eigenvalue weighted by atomic mass is 9.99. The van der Waals surface area contributed by atoms with Crippen molar-refractivity contribution in [2.24, 2.45) is 5.41 Å². The van der Waals surface area contributed by atoms with Gasteiger partial charge in [-0.2, -0.15) is 0 Å². The summed E-state index contributed by atoms with van der Waals surface area (Å²) in [5.41, 5.74) is 2.37. The highest BCUT2D eigenvalue weighted by Crippen LogP contribution is 2.46. The fourth-order valence-corrected chi connectivity index (χ4v) is 1.19. The third-order valence-corrected chi connectivity index (χ3v) is 2.36. The van der Waals surface area contributed by atoms with E-state index in [1.165, 1.54) is 0 Å². The van der Waals surface area contributed by atoms with Crippen LogP contribution >= 0.6 is 0 Å². The molecule has 0 saturated heterocycles. The van der Waals surface area contributed by atoms with Gasteiger partial charge in [0, 0.05) is 5.41 Å². The number of rotatable bonds is 2. The second kappa shape index (κ2) is 2.49. The minimum atomic E-state index is -0.338. The maximum absolute atomic E-state index is 9.66. The second-order valence-corrected chi connectivity index (χ2v) is 3.76. The predicted molar refractivity (Wildman–Crippen MR) is 47.3 cm³/mol. The van der Waals surface area contributed by atoms with Gasteiger partial charge in [0.25, 0.3) is 0 Å². The van der Waals surface area contributed by atoms with Crippen LogP contribution in [0, 0.1) is 5.41 Å². The Morgan fingerprint density at radius 2 is 2.09 bits per heavy atom. The maximum atomic E-state index is 9.66. The van der Waals surface area contributed by atoms with Gasteiger partial charge in [0.2, 0.25) is 0 Å². The molecule has 0 amide bonds. The molecule has 1 N–H and O–H groups in total. The largest absolute Gasteiger partial charge is 0.384 e. The van der Waals surface area contributed by atoms with Crippen molar-refractivity contribution in [2.45, 2.75) is 33.8 Å². The topological polar surface area (TPSA) is 20.2 Å². The molecule has 1 aliphatic carbocycles. The Hall–Kier alpha value is -0.560. The lowest BCUT2D eigenvalue weighted by Crippen LogP contribution is -2.10. The van der Waals surface area contributed by atoms with E-state index in [4.69, 9.17) is 0 Å². The highest BCUT2D eigenvalue weighted by molar-refractivity contribution is 5.43. The van der Waals surface area contributed by atoms with Crippen molar-refractivity contribution in [1.29, 1.82) is 0 Å². The molecule has 0 heterocycles. The van der Waals surface area contributed by atoms with E-state index in [-0.39, 0.29) is 11.5 Å². The van der Waals surface area contributed by atoms with Gasteiger partial charge in [0.05, 0.1) is 6.10 Å². The third kappa shape index (κ3) is 1.54. The van der Waals surface area contributed by atoms with Gasteiger partial charge in [-0.25, -0.2) is 0 Å². The molecule has 0 aromatic carbocycles. The van der Waals surface area contributed by atoms with Crippen molar-refractivity contribution in [1.82, 2.24) is 0 Å². The van der Waals surface area contributed by atoms with Crippen LogP contribution < -0.4 is 0 Å². The molecule has 0 aromatic heterocycles. The Labute approximate surface area is 68.4 Å². The minimum absolute atomic E-state index is 0.170. The van der Waals surface area contributed by atoms with E-state index >= 15 is 0 Å². The molecule has 0 radical (unpaired) electrons. The fraction of sp³-hybridized carbons (Fsp3) is 0.600. The number of aliphatic hydroxyl groups is 1. The van der Waals surface area contributed by atoms with Crippen LogP contribution in [0.3, 0.4) is 0 Å². The molecule has 0 spiro atoms. The van der Waals surface area contributed by atoms with E-state index in [0.29, 0.717) is 0 Å². The quantitative estimate of drug-likeness (QED) is 0.602. The van der Waals surface area contributed by atoms with Crippen LogP contribution in [-0.4, -0.2) is 11.2 Å². The molecular weight excluding hydrogens is 136 g/mol. The van der Waals surface area contributed by atoms with E-state index in [1.807, 2.05) is 19.9 Å². The van der Waals surface area contributed by atoms with Crippen molar-refractivity contribution in [3.8, 4) is 0 Å². The predicted octanol–water partition coefficient (Wildman–Crippen LogP) is 2.28. The van der Waals surface area contributed by atoms with E-state index < -0.39 is 0 Å². The van der Waals surface area contributed by atoms with Crippen LogP contribution in [0.1, 0.15) is 27.7 Å². The Morgan fingerprint density at radius 1 is 1.64 bits per heavy atom. The molecule has 0 bridgehead atoms. The SMILES string of the molecule is C/C=C(\C)C(O)C1=CC1(C)C. The van der Waals surface area contributed by atoms with Gasteiger partial charge in [-0.15, -0.1) is 0 Å². The van der Waals surface area contributed by atoms with Crippen LogP contribution in [0.4, 0.5) is 0 Å². The lowest BCUT2D eigenvalue weighted by Gasteiger charge is -2.11. The number of hydrogen-bond donors (Lipinski definition) is 1. The normalized spacial score (nSPS) is 24.5. The number of hydrogen-bond acceptors (Lipinski definition) is 1. The molecule has 1 atom stereocenters. The van der Waals surface area contributed by atoms with Crippen molar-refractivity contribution in [2.75, 3.05) is 0 Å². The first-order valence-corrected chi connectivity index (χ1v) is 4.03. The molecule has 1 aliphatic rings. The summed E-state index contributed by atoms with van der Waals surface area (Å²) in [5, 5.41) is 9.66. The summed E-state index contributed by atoms with van der Waals surface area (Å²) >= 11 is 0. The molecular formula is C10H16O. The summed E-state index contributed by atoms with van der Waals surface area (Å²) in [7, 11) is 0. The molecule has 0 fully saturated rings. The maximum Gasteiger partial charge on any atom is 0.0966 e. The summed E-state index contributed by atoms with van der Waals surface area (Å²) in [6.07, 6.45) is 3.74.